The van der Waals surface area contributed by atoms with Crippen molar-refractivity contribution in [3.05, 3.63) is 22.4 Å². The molecule has 1 atom stereocenters. The number of thiophene rings is 1. The minimum absolute atomic E-state index is 0.0407. The van der Waals surface area contributed by atoms with Crippen molar-refractivity contribution < 1.29 is 14.4 Å². The van der Waals surface area contributed by atoms with E-state index in [0.29, 0.717) is 32.2 Å². The summed E-state index contributed by atoms with van der Waals surface area (Å²) in [5.41, 5.74) is 0. The van der Waals surface area contributed by atoms with E-state index in [1.807, 2.05) is 27.3 Å². The molecule has 0 radical (unpaired) electrons. The van der Waals surface area contributed by atoms with Gasteiger partial charge in [0.1, 0.15) is 0 Å². The van der Waals surface area contributed by atoms with Gasteiger partial charge in [0.15, 0.2) is 0 Å². The average Bonchev–Trinajstić information content (AvgIpc) is 3.35. The second-order valence-electron chi connectivity index (χ2n) is 8.01. The number of hydrogen-bond acceptors (Lipinski definition) is 5. The van der Waals surface area contributed by atoms with E-state index in [0.717, 1.165) is 50.2 Å². The van der Waals surface area contributed by atoms with Crippen molar-refractivity contribution in [1.29, 1.82) is 0 Å². The summed E-state index contributed by atoms with van der Waals surface area (Å²) in [6.07, 6.45) is 3.91. The number of likely N-dealkylation sites (tertiary alicyclic amines) is 1. The van der Waals surface area contributed by atoms with Crippen molar-refractivity contribution in [3.63, 3.8) is 0 Å². The minimum atomic E-state index is -0.109. The molecule has 1 aliphatic carbocycles. The zero-order valence-corrected chi connectivity index (χ0v) is 17.0. The number of hydrogen-bond donors (Lipinski definition) is 1. The highest BCUT2D eigenvalue weighted by Gasteiger charge is 2.33. The lowest BCUT2D eigenvalue weighted by Crippen LogP contribution is -2.54. The van der Waals surface area contributed by atoms with E-state index in [2.05, 4.69) is 10.2 Å². The summed E-state index contributed by atoms with van der Waals surface area (Å²) < 4.78 is 0. The molecule has 0 aromatic carbocycles. The van der Waals surface area contributed by atoms with E-state index >= 15 is 0 Å². The van der Waals surface area contributed by atoms with Crippen LogP contribution in [-0.4, -0.2) is 84.3 Å². The lowest BCUT2D eigenvalue weighted by molar-refractivity contribution is -0.138. The van der Waals surface area contributed by atoms with Gasteiger partial charge in [0.2, 0.25) is 11.8 Å². The fourth-order valence-electron chi connectivity index (χ4n) is 4.01. The van der Waals surface area contributed by atoms with Crippen molar-refractivity contribution in [2.24, 2.45) is 5.92 Å². The molecule has 3 aliphatic rings. The summed E-state index contributed by atoms with van der Waals surface area (Å²) in [6, 6.07) is 4.12. The first kappa shape index (κ1) is 19.4. The molecule has 1 aromatic rings. The normalized spacial score (nSPS) is 23.5. The van der Waals surface area contributed by atoms with Gasteiger partial charge >= 0.3 is 0 Å². The number of nitrogens with one attached hydrogen (secondary N) is 1. The number of piperidine rings is 1. The molecule has 152 valence electrons. The van der Waals surface area contributed by atoms with E-state index in [1.165, 1.54) is 11.3 Å². The molecule has 7 nitrogen and oxygen atoms in total. The highest BCUT2D eigenvalue weighted by Crippen LogP contribution is 2.23. The molecule has 1 N–H and O–H groups in total. The van der Waals surface area contributed by atoms with Crippen LogP contribution in [0.2, 0.25) is 0 Å². The molecule has 1 unspecified atom stereocenters. The van der Waals surface area contributed by atoms with Crippen LogP contribution in [0, 0.1) is 5.92 Å². The summed E-state index contributed by atoms with van der Waals surface area (Å²) in [4.78, 5) is 44.1. The quantitative estimate of drug-likeness (QED) is 0.795. The fourth-order valence-corrected chi connectivity index (χ4v) is 4.70. The van der Waals surface area contributed by atoms with Gasteiger partial charge in [-0.1, -0.05) is 6.07 Å². The van der Waals surface area contributed by atoms with Gasteiger partial charge in [0.25, 0.3) is 5.91 Å². The van der Waals surface area contributed by atoms with Gasteiger partial charge in [-0.2, -0.15) is 0 Å². The summed E-state index contributed by atoms with van der Waals surface area (Å²) in [7, 11) is 0. The van der Waals surface area contributed by atoms with Gasteiger partial charge in [-0.05, 0) is 37.1 Å². The van der Waals surface area contributed by atoms with Gasteiger partial charge < -0.3 is 15.1 Å². The predicted molar refractivity (Wildman–Crippen MR) is 107 cm³/mol. The van der Waals surface area contributed by atoms with Gasteiger partial charge in [-0.15, -0.1) is 11.3 Å². The Morgan fingerprint density at radius 3 is 2.50 bits per heavy atom. The Morgan fingerprint density at radius 1 is 1.04 bits per heavy atom. The number of nitrogens with zero attached hydrogens (tertiary/aromatic N) is 3. The Kier molecular flexibility index (Phi) is 5.96. The molecule has 1 aromatic heterocycles. The molecular formula is C20H28N4O3S. The van der Waals surface area contributed by atoms with Crippen molar-refractivity contribution in [3.8, 4) is 0 Å². The van der Waals surface area contributed by atoms with E-state index in [9.17, 15) is 14.4 Å². The number of rotatable bonds is 5. The van der Waals surface area contributed by atoms with E-state index in [4.69, 9.17) is 0 Å². The Balaban J connectivity index is 1.25. The lowest BCUT2D eigenvalue weighted by atomic mass is 9.96. The summed E-state index contributed by atoms with van der Waals surface area (Å²) in [5, 5.41) is 4.92. The second-order valence-corrected chi connectivity index (χ2v) is 8.96. The number of carbonyl (C=O) groups excluding carboxylic acids is 3. The van der Waals surface area contributed by atoms with Gasteiger partial charge in [0, 0.05) is 45.3 Å². The summed E-state index contributed by atoms with van der Waals surface area (Å²) in [6.45, 7) is 4.44. The fraction of sp³-hybridized carbons (Fsp3) is 0.650. The smallest absolute Gasteiger partial charge is 0.263 e. The Morgan fingerprint density at radius 2 is 1.82 bits per heavy atom. The first-order chi connectivity index (χ1) is 13.6. The van der Waals surface area contributed by atoms with Gasteiger partial charge in [-0.25, -0.2) is 0 Å². The molecule has 3 amide bonds. The highest BCUT2D eigenvalue weighted by molar-refractivity contribution is 7.12. The van der Waals surface area contributed by atoms with Crippen LogP contribution in [0.4, 0.5) is 0 Å². The standard InChI is InChI=1S/C20H28N4O3S/c25-18(21-16-5-6-16)14-22-8-10-23(11-9-22)19(26)15-3-1-7-24(13-15)20(27)17-4-2-12-28-17/h2,4,12,15-16H,1,3,5-11,13-14H2,(H,21,25). The number of carbonyl (C=O) groups is 3. The van der Waals surface area contributed by atoms with E-state index in [-0.39, 0.29) is 23.6 Å². The molecule has 0 spiro atoms. The van der Waals surface area contributed by atoms with Crippen molar-refractivity contribution in [2.45, 2.75) is 31.7 Å². The topological polar surface area (TPSA) is 73.0 Å². The Hall–Kier alpha value is -1.93. The SMILES string of the molecule is O=C(CN1CCN(C(=O)C2CCCN(C(=O)c3cccs3)C2)CC1)NC1CC1. The zero-order valence-electron chi connectivity index (χ0n) is 16.1. The molecular weight excluding hydrogens is 376 g/mol. The number of piperazine rings is 1. The number of amides is 3. The van der Waals surface area contributed by atoms with Gasteiger partial charge in [0.05, 0.1) is 17.3 Å². The summed E-state index contributed by atoms with van der Waals surface area (Å²) >= 11 is 1.45. The molecule has 28 heavy (non-hydrogen) atoms. The van der Waals surface area contributed by atoms with Crippen LogP contribution < -0.4 is 5.32 Å². The average molecular weight is 405 g/mol. The van der Waals surface area contributed by atoms with Crippen LogP contribution in [-0.2, 0) is 9.59 Å². The van der Waals surface area contributed by atoms with E-state index in [1.54, 1.807) is 0 Å². The third-order valence-electron chi connectivity index (χ3n) is 5.78. The van der Waals surface area contributed by atoms with Crippen LogP contribution in [0.25, 0.3) is 0 Å². The first-order valence-electron chi connectivity index (χ1n) is 10.2. The van der Waals surface area contributed by atoms with Crippen LogP contribution in [0.1, 0.15) is 35.4 Å². The second kappa shape index (κ2) is 8.61. The molecule has 2 saturated heterocycles. The van der Waals surface area contributed by atoms with Crippen LogP contribution in [0.15, 0.2) is 17.5 Å². The maximum Gasteiger partial charge on any atom is 0.263 e. The molecule has 0 bridgehead atoms. The van der Waals surface area contributed by atoms with Crippen molar-refractivity contribution >= 4 is 29.1 Å². The zero-order chi connectivity index (χ0) is 19.5. The predicted octanol–water partition coefficient (Wildman–Crippen LogP) is 1.02. The lowest BCUT2D eigenvalue weighted by Gasteiger charge is -2.38. The third kappa shape index (κ3) is 4.72. The Labute approximate surface area is 169 Å². The molecule has 8 heteroatoms. The monoisotopic (exact) mass is 404 g/mol. The molecule has 1 saturated carbocycles. The van der Waals surface area contributed by atoms with Crippen LogP contribution >= 0.6 is 11.3 Å². The largest absolute Gasteiger partial charge is 0.352 e. The maximum atomic E-state index is 13.0. The molecule has 3 fully saturated rings. The summed E-state index contributed by atoms with van der Waals surface area (Å²) in [5.74, 6) is 0.185. The van der Waals surface area contributed by atoms with Gasteiger partial charge in [-0.3, -0.25) is 19.3 Å². The molecule has 4 rings (SSSR count). The third-order valence-corrected chi connectivity index (χ3v) is 6.64. The highest BCUT2D eigenvalue weighted by atomic mass is 32.1. The minimum Gasteiger partial charge on any atom is -0.352 e. The van der Waals surface area contributed by atoms with Crippen molar-refractivity contribution in [2.75, 3.05) is 45.8 Å². The Bertz CT molecular complexity index is 711. The van der Waals surface area contributed by atoms with E-state index < -0.39 is 0 Å². The molecule has 2 aliphatic heterocycles. The molecule has 3 heterocycles. The maximum absolute atomic E-state index is 13.0. The van der Waals surface area contributed by atoms with Crippen molar-refractivity contribution in [1.82, 2.24) is 20.0 Å². The van der Waals surface area contributed by atoms with Crippen LogP contribution in [0.3, 0.4) is 0 Å². The first-order valence-corrected chi connectivity index (χ1v) is 11.1. The van der Waals surface area contributed by atoms with Crippen LogP contribution in [0.5, 0.6) is 0 Å².